The minimum Gasteiger partial charge on any atom is -0.493 e. The Balaban J connectivity index is 1.74. The number of amides is 1. The Morgan fingerprint density at radius 2 is 1.87 bits per heavy atom. The maximum atomic E-state index is 11.4. The highest BCUT2D eigenvalue weighted by Crippen LogP contribution is 2.38. The van der Waals surface area contributed by atoms with E-state index in [0.29, 0.717) is 17.2 Å². The summed E-state index contributed by atoms with van der Waals surface area (Å²) in [6.07, 6.45) is 0.0646. The minimum absolute atomic E-state index is 0.0408. The lowest BCUT2D eigenvalue weighted by molar-refractivity contribution is -0.134. The molecule has 0 saturated carbocycles. The summed E-state index contributed by atoms with van der Waals surface area (Å²) in [4.78, 5) is 13.7. The standard InChI is InChI=1S/C16H22N2O5/c1-20-12-4-10(5-13(21-2)16(12)22-3)6-18-7-11-14(8-18)23-9-15(19)17-11/h4-5,11,14H,6-9H2,1-3H3,(H,17,19)/t11-,14+/m1/s1. The van der Waals surface area contributed by atoms with Crippen molar-refractivity contribution in [3.05, 3.63) is 17.7 Å². The molecule has 126 valence electrons. The molecule has 1 aromatic rings. The van der Waals surface area contributed by atoms with Crippen LogP contribution >= 0.6 is 0 Å². The third kappa shape index (κ3) is 3.20. The van der Waals surface area contributed by atoms with E-state index in [4.69, 9.17) is 18.9 Å². The molecule has 7 heteroatoms. The van der Waals surface area contributed by atoms with Gasteiger partial charge in [-0.2, -0.15) is 0 Å². The van der Waals surface area contributed by atoms with Gasteiger partial charge in [0.05, 0.1) is 33.5 Å². The van der Waals surface area contributed by atoms with E-state index in [9.17, 15) is 4.79 Å². The molecule has 1 aromatic carbocycles. The summed E-state index contributed by atoms with van der Waals surface area (Å²) in [5, 5.41) is 2.98. The fourth-order valence-corrected chi connectivity index (χ4v) is 3.20. The fraction of sp³-hybridized carbons (Fsp3) is 0.562. The molecule has 2 saturated heterocycles. The van der Waals surface area contributed by atoms with E-state index in [2.05, 4.69) is 10.2 Å². The average Bonchev–Trinajstić information content (AvgIpc) is 2.94. The Labute approximate surface area is 135 Å². The van der Waals surface area contributed by atoms with Crippen LogP contribution in [0.15, 0.2) is 12.1 Å². The van der Waals surface area contributed by atoms with Gasteiger partial charge in [-0.1, -0.05) is 0 Å². The highest BCUT2D eigenvalue weighted by molar-refractivity contribution is 5.78. The van der Waals surface area contributed by atoms with Gasteiger partial charge in [0.15, 0.2) is 11.5 Å². The lowest BCUT2D eigenvalue weighted by Crippen LogP contribution is -2.50. The van der Waals surface area contributed by atoms with Crippen molar-refractivity contribution in [2.75, 3.05) is 41.0 Å². The summed E-state index contributed by atoms with van der Waals surface area (Å²) in [7, 11) is 4.80. The van der Waals surface area contributed by atoms with E-state index in [1.807, 2.05) is 12.1 Å². The summed E-state index contributed by atoms with van der Waals surface area (Å²) in [6.45, 7) is 2.44. The Morgan fingerprint density at radius 3 is 2.48 bits per heavy atom. The molecule has 0 bridgehead atoms. The first-order valence-corrected chi connectivity index (χ1v) is 7.56. The van der Waals surface area contributed by atoms with Gasteiger partial charge >= 0.3 is 0 Å². The number of hydrogen-bond donors (Lipinski definition) is 1. The second-order valence-electron chi connectivity index (χ2n) is 5.75. The van der Waals surface area contributed by atoms with Gasteiger partial charge in [0.25, 0.3) is 0 Å². The van der Waals surface area contributed by atoms with Crippen LogP contribution in [0.5, 0.6) is 17.2 Å². The number of nitrogens with one attached hydrogen (secondary N) is 1. The van der Waals surface area contributed by atoms with Crippen molar-refractivity contribution in [3.8, 4) is 17.2 Å². The molecule has 7 nitrogen and oxygen atoms in total. The summed E-state index contributed by atoms with van der Waals surface area (Å²) in [6, 6.07) is 3.96. The number of ether oxygens (including phenoxy) is 4. The summed E-state index contributed by atoms with van der Waals surface area (Å²) >= 11 is 0. The Morgan fingerprint density at radius 1 is 1.17 bits per heavy atom. The number of nitrogens with zero attached hydrogens (tertiary/aromatic N) is 1. The zero-order valence-electron chi connectivity index (χ0n) is 13.6. The van der Waals surface area contributed by atoms with Crippen LogP contribution in [0.25, 0.3) is 0 Å². The van der Waals surface area contributed by atoms with E-state index >= 15 is 0 Å². The SMILES string of the molecule is COc1cc(CN2C[C@@H]3OCC(=O)N[C@@H]3C2)cc(OC)c1OC. The quantitative estimate of drug-likeness (QED) is 0.847. The molecule has 23 heavy (non-hydrogen) atoms. The van der Waals surface area contributed by atoms with Crippen LogP contribution in [0.4, 0.5) is 0 Å². The van der Waals surface area contributed by atoms with Gasteiger partial charge in [0.1, 0.15) is 6.61 Å². The molecule has 2 aliphatic rings. The number of fused-ring (bicyclic) bond motifs is 1. The largest absolute Gasteiger partial charge is 0.493 e. The summed E-state index contributed by atoms with van der Waals surface area (Å²) < 4.78 is 21.7. The second kappa shape index (κ2) is 6.64. The van der Waals surface area contributed by atoms with Crippen molar-refractivity contribution >= 4 is 5.91 Å². The van der Waals surface area contributed by atoms with Crippen molar-refractivity contribution in [2.24, 2.45) is 0 Å². The molecule has 1 N–H and O–H groups in total. The Kier molecular flexibility index (Phi) is 4.58. The Hall–Kier alpha value is -1.99. The molecule has 2 fully saturated rings. The Bertz CT molecular complexity index is 567. The third-order valence-corrected chi connectivity index (χ3v) is 4.25. The van der Waals surface area contributed by atoms with Gasteiger partial charge < -0.3 is 24.3 Å². The molecule has 2 aliphatic heterocycles. The first-order chi connectivity index (χ1) is 11.1. The number of rotatable bonds is 5. The van der Waals surface area contributed by atoms with E-state index < -0.39 is 0 Å². The minimum atomic E-state index is -0.0408. The highest BCUT2D eigenvalue weighted by Gasteiger charge is 2.37. The zero-order chi connectivity index (χ0) is 16.4. The van der Waals surface area contributed by atoms with Crippen molar-refractivity contribution in [1.82, 2.24) is 10.2 Å². The lowest BCUT2D eigenvalue weighted by atomic mass is 10.1. The zero-order valence-corrected chi connectivity index (χ0v) is 13.6. The fourth-order valence-electron chi connectivity index (χ4n) is 3.20. The van der Waals surface area contributed by atoms with Crippen LogP contribution in [0.2, 0.25) is 0 Å². The maximum absolute atomic E-state index is 11.4. The van der Waals surface area contributed by atoms with Crippen LogP contribution in [0, 0.1) is 0 Å². The topological polar surface area (TPSA) is 69.3 Å². The van der Waals surface area contributed by atoms with Crippen LogP contribution in [0.3, 0.4) is 0 Å². The molecule has 0 unspecified atom stereocenters. The van der Waals surface area contributed by atoms with Gasteiger partial charge in [0, 0.05) is 19.6 Å². The van der Waals surface area contributed by atoms with E-state index in [-0.39, 0.29) is 24.7 Å². The normalized spacial score (nSPS) is 24.0. The lowest BCUT2D eigenvalue weighted by Gasteiger charge is -2.25. The van der Waals surface area contributed by atoms with Gasteiger partial charge in [-0.15, -0.1) is 0 Å². The first-order valence-electron chi connectivity index (χ1n) is 7.56. The molecule has 0 aromatic heterocycles. The van der Waals surface area contributed by atoms with Crippen molar-refractivity contribution < 1.29 is 23.7 Å². The van der Waals surface area contributed by atoms with Gasteiger partial charge in [0.2, 0.25) is 11.7 Å². The molecular formula is C16H22N2O5. The molecule has 3 rings (SSSR count). The summed E-state index contributed by atoms with van der Waals surface area (Å²) in [5.74, 6) is 1.83. The molecular weight excluding hydrogens is 300 g/mol. The molecule has 2 atom stereocenters. The van der Waals surface area contributed by atoms with Gasteiger partial charge in [-0.3, -0.25) is 9.69 Å². The predicted octanol–water partition coefficient (Wildman–Crippen LogP) is 0.412. The number of morpholine rings is 1. The van der Waals surface area contributed by atoms with Crippen LogP contribution in [-0.2, 0) is 16.1 Å². The van der Waals surface area contributed by atoms with E-state index in [0.717, 1.165) is 25.2 Å². The summed E-state index contributed by atoms with van der Waals surface area (Å²) in [5.41, 5.74) is 1.06. The monoisotopic (exact) mass is 322 g/mol. The van der Waals surface area contributed by atoms with Crippen molar-refractivity contribution in [1.29, 1.82) is 0 Å². The molecule has 0 radical (unpaired) electrons. The second-order valence-corrected chi connectivity index (χ2v) is 5.75. The number of carbonyl (C=O) groups is 1. The predicted molar refractivity (Wildman–Crippen MR) is 83.0 cm³/mol. The number of likely N-dealkylation sites (tertiary alicyclic amines) is 1. The molecule has 0 aliphatic carbocycles. The molecule has 1 amide bonds. The number of benzene rings is 1. The highest BCUT2D eigenvalue weighted by atomic mass is 16.5. The van der Waals surface area contributed by atoms with E-state index in [1.165, 1.54) is 0 Å². The number of methoxy groups -OCH3 is 3. The van der Waals surface area contributed by atoms with Crippen LogP contribution < -0.4 is 19.5 Å². The smallest absolute Gasteiger partial charge is 0.246 e. The number of hydrogen-bond acceptors (Lipinski definition) is 6. The molecule has 0 spiro atoms. The number of carbonyl (C=O) groups excluding carboxylic acids is 1. The van der Waals surface area contributed by atoms with Crippen LogP contribution in [0.1, 0.15) is 5.56 Å². The molecule has 2 heterocycles. The van der Waals surface area contributed by atoms with Crippen LogP contribution in [-0.4, -0.2) is 64.0 Å². The third-order valence-electron chi connectivity index (χ3n) is 4.25. The van der Waals surface area contributed by atoms with E-state index in [1.54, 1.807) is 21.3 Å². The maximum Gasteiger partial charge on any atom is 0.246 e. The van der Waals surface area contributed by atoms with Gasteiger partial charge in [-0.05, 0) is 17.7 Å². The van der Waals surface area contributed by atoms with Gasteiger partial charge in [-0.25, -0.2) is 0 Å². The van der Waals surface area contributed by atoms with Crippen molar-refractivity contribution in [3.63, 3.8) is 0 Å². The van der Waals surface area contributed by atoms with Crippen molar-refractivity contribution in [2.45, 2.75) is 18.7 Å². The average molecular weight is 322 g/mol. The first kappa shape index (κ1) is 15.9.